The Morgan fingerprint density at radius 2 is 1.59 bits per heavy atom. The summed E-state index contributed by atoms with van der Waals surface area (Å²) in [5.41, 5.74) is 3.64. The SMILES string of the molecule is c1ccc(N2CCN(c3nc4ncnc(Nc5ccc(N6CCOCC6)cc5)c4[nH]3)CC2)nc1. The third kappa shape index (κ3) is 4.19. The summed E-state index contributed by atoms with van der Waals surface area (Å²) in [5.74, 6) is 2.56. The van der Waals surface area contributed by atoms with E-state index in [-0.39, 0.29) is 0 Å². The molecule has 5 heterocycles. The van der Waals surface area contributed by atoms with Crippen molar-refractivity contribution >= 4 is 40.1 Å². The lowest BCUT2D eigenvalue weighted by Crippen LogP contribution is -2.47. The molecule has 0 unspecified atom stereocenters. The predicted octanol–water partition coefficient (Wildman–Crippen LogP) is 2.65. The molecule has 1 aromatic carbocycles. The van der Waals surface area contributed by atoms with Gasteiger partial charge in [-0.05, 0) is 36.4 Å². The highest BCUT2D eigenvalue weighted by molar-refractivity contribution is 5.86. The van der Waals surface area contributed by atoms with Crippen LogP contribution in [-0.2, 0) is 4.74 Å². The molecular weight excluding hydrogens is 430 g/mol. The number of imidazole rings is 1. The Morgan fingerprint density at radius 1 is 0.794 bits per heavy atom. The highest BCUT2D eigenvalue weighted by Crippen LogP contribution is 2.26. The lowest BCUT2D eigenvalue weighted by atomic mass is 10.2. The number of nitrogens with one attached hydrogen (secondary N) is 2. The van der Waals surface area contributed by atoms with Gasteiger partial charge in [-0.1, -0.05) is 6.07 Å². The first kappa shape index (κ1) is 20.7. The molecule has 3 aromatic heterocycles. The van der Waals surface area contributed by atoms with E-state index in [2.05, 4.69) is 70.3 Å². The summed E-state index contributed by atoms with van der Waals surface area (Å²) >= 11 is 0. The van der Waals surface area contributed by atoms with Crippen LogP contribution in [0.2, 0.25) is 0 Å². The molecule has 0 radical (unpaired) electrons. The third-order valence-electron chi connectivity index (χ3n) is 6.33. The van der Waals surface area contributed by atoms with Gasteiger partial charge in [-0.25, -0.2) is 15.0 Å². The van der Waals surface area contributed by atoms with Crippen LogP contribution in [0.5, 0.6) is 0 Å². The maximum absolute atomic E-state index is 5.45. The minimum Gasteiger partial charge on any atom is -0.378 e. The zero-order valence-corrected chi connectivity index (χ0v) is 18.9. The van der Waals surface area contributed by atoms with Gasteiger partial charge in [-0.15, -0.1) is 0 Å². The molecule has 2 saturated heterocycles. The fraction of sp³-hybridized carbons (Fsp3) is 0.333. The molecule has 0 saturated carbocycles. The molecule has 0 atom stereocenters. The van der Waals surface area contributed by atoms with Gasteiger partial charge in [0.25, 0.3) is 0 Å². The fourth-order valence-corrected chi connectivity index (χ4v) is 4.46. The Kier molecular flexibility index (Phi) is 5.56. The van der Waals surface area contributed by atoms with Gasteiger partial charge in [0, 0.05) is 56.8 Å². The first-order valence-corrected chi connectivity index (χ1v) is 11.6. The maximum atomic E-state index is 5.45. The van der Waals surface area contributed by atoms with Crippen LogP contribution in [-0.4, -0.2) is 77.4 Å². The number of fused-ring (bicyclic) bond motifs is 1. The molecule has 0 aliphatic carbocycles. The van der Waals surface area contributed by atoms with Gasteiger partial charge in [0.1, 0.15) is 17.7 Å². The largest absolute Gasteiger partial charge is 0.378 e. The van der Waals surface area contributed by atoms with Crippen LogP contribution >= 0.6 is 0 Å². The van der Waals surface area contributed by atoms with E-state index in [9.17, 15) is 0 Å². The van der Waals surface area contributed by atoms with Crippen molar-refractivity contribution in [2.75, 3.05) is 72.5 Å². The second-order valence-corrected chi connectivity index (χ2v) is 8.41. The van der Waals surface area contributed by atoms with E-state index in [1.165, 1.54) is 5.69 Å². The molecule has 2 fully saturated rings. The molecule has 2 aliphatic rings. The number of anilines is 5. The predicted molar refractivity (Wildman–Crippen MR) is 133 cm³/mol. The lowest BCUT2D eigenvalue weighted by molar-refractivity contribution is 0.122. The van der Waals surface area contributed by atoms with Crippen molar-refractivity contribution in [1.82, 2.24) is 24.9 Å². The number of aromatic amines is 1. The van der Waals surface area contributed by atoms with E-state index in [0.717, 1.165) is 81.3 Å². The molecule has 6 rings (SSSR count). The fourth-order valence-electron chi connectivity index (χ4n) is 4.46. The number of pyridine rings is 1. The molecule has 2 aliphatic heterocycles. The standard InChI is InChI=1S/C24H27N9O/c1-2-8-25-20(3-1)32-9-11-33(12-10-32)24-29-21-22(26-17-27-23(21)30-24)28-18-4-6-19(7-5-18)31-13-15-34-16-14-31/h1-8,17H,9-16H2,(H2,26,27,28,29,30). The molecule has 2 N–H and O–H groups in total. The van der Waals surface area contributed by atoms with Crippen LogP contribution in [0.25, 0.3) is 11.2 Å². The van der Waals surface area contributed by atoms with Crippen LogP contribution < -0.4 is 20.0 Å². The molecular formula is C24H27N9O. The minimum absolute atomic E-state index is 0.657. The first-order valence-electron chi connectivity index (χ1n) is 11.6. The number of hydrogen-bond donors (Lipinski definition) is 2. The smallest absolute Gasteiger partial charge is 0.205 e. The van der Waals surface area contributed by atoms with Crippen molar-refractivity contribution in [3.05, 3.63) is 55.0 Å². The van der Waals surface area contributed by atoms with Crippen LogP contribution in [0, 0.1) is 0 Å². The van der Waals surface area contributed by atoms with E-state index in [1.54, 1.807) is 6.33 Å². The van der Waals surface area contributed by atoms with Crippen LogP contribution in [0.1, 0.15) is 0 Å². The number of aromatic nitrogens is 5. The van der Waals surface area contributed by atoms with Crippen molar-refractivity contribution in [1.29, 1.82) is 0 Å². The van der Waals surface area contributed by atoms with Gasteiger partial charge in [-0.2, -0.15) is 4.98 Å². The minimum atomic E-state index is 0.657. The Balaban J connectivity index is 1.16. The molecule has 10 nitrogen and oxygen atoms in total. The second kappa shape index (κ2) is 9.14. The molecule has 0 spiro atoms. The average Bonchev–Trinajstić information content (AvgIpc) is 3.36. The molecule has 174 valence electrons. The van der Waals surface area contributed by atoms with Crippen molar-refractivity contribution < 1.29 is 4.74 Å². The van der Waals surface area contributed by atoms with Crippen molar-refractivity contribution in [2.24, 2.45) is 0 Å². The van der Waals surface area contributed by atoms with Gasteiger partial charge < -0.3 is 29.7 Å². The number of morpholine rings is 1. The average molecular weight is 458 g/mol. The molecule has 0 amide bonds. The highest BCUT2D eigenvalue weighted by atomic mass is 16.5. The molecule has 34 heavy (non-hydrogen) atoms. The summed E-state index contributed by atoms with van der Waals surface area (Å²) in [5, 5.41) is 3.42. The number of ether oxygens (including phenoxy) is 1. The van der Waals surface area contributed by atoms with Gasteiger partial charge in [0.2, 0.25) is 5.95 Å². The lowest BCUT2D eigenvalue weighted by Gasteiger charge is -2.35. The Morgan fingerprint density at radius 3 is 2.35 bits per heavy atom. The van der Waals surface area contributed by atoms with Crippen molar-refractivity contribution in [2.45, 2.75) is 0 Å². The number of benzene rings is 1. The summed E-state index contributed by atoms with van der Waals surface area (Å²) in [6.07, 6.45) is 3.39. The zero-order chi connectivity index (χ0) is 22.7. The maximum Gasteiger partial charge on any atom is 0.205 e. The number of nitrogens with zero attached hydrogens (tertiary/aromatic N) is 7. The zero-order valence-electron chi connectivity index (χ0n) is 18.9. The molecule has 0 bridgehead atoms. The second-order valence-electron chi connectivity index (χ2n) is 8.41. The van der Waals surface area contributed by atoms with Crippen molar-refractivity contribution in [3.63, 3.8) is 0 Å². The van der Waals surface area contributed by atoms with Gasteiger partial charge in [0.05, 0.1) is 13.2 Å². The summed E-state index contributed by atoms with van der Waals surface area (Å²) in [7, 11) is 0. The Labute approximate surface area is 197 Å². The number of H-pyrrole nitrogens is 1. The summed E-state index contributed by atoms with van der Waals surface area (Å²) in [4.78, 5) is 28.4. The number of piperazine rings is 1. The highest BCUT2D eigenvalue weighted by Gasteiger charge is 2.21. The Bertz CT molecular complexity index is 1230. The quantitative estimate of drug-likeness (QED) is 0.469. The van der Waals surface area contributed by atoms with E-state index in [1.807, 2.05) is 18.3 Å². The topological polar surface area (TPSA) is 98.3 Å². The Hall–Kier alpha value is -3.92. The van der Waals surface area contributed by atoms with Gasteiger partial charge in [0.15, 0.2) is 11.5 Å². The molecule has 4 aromatic rings. The van der Waals surface area contributed by atoms with Crippen LogP contribution in [0.4, 0.5) is 29.0 Å². The van der Waals surface area contributed by atoms with E-state index in [4.69, 9.17) is 9.72 Å². The van der Waals surface area contributed by atoms with Crippen LogP contribution in [0.15, 0.2) is 55.0 Å². The van der Waals surface area contributed by atoms with Crippen molar-refractivity contribution in [3.8, 4) is 0 Å². The first-order chi connectivity index (χ1) is 16.8. The summed E-state index contributed by atoms with van der Waals surface area (Å²) in [6.45, 7) is 6.89. The normalized spacial score (nSPS) is 16.8. The van der Waals surface area contributed by atoms with Gasteiger partial charge in [-0.3, -0.25) is 0 Å². The number of rotatable bonds is 5. The number of hydrogen-bond acceptors (Lipinski definition) is 9. The van der Waals surface area contributed by atoms with E-state index in [0.29, 0.717) is 5.65 Å². The third-order valence-corrected chi connectivity index (χ3v) is 6.33. The summed E-state index contributed by atoms with van der Waals surface area (Å²) in [6, 6.07) is 14.4. The van der Waals surface area contributed by atoms with E-state index < -0.39 is 0 Å². The van der Waals surface area contributed by atoms with Gasteiger partial charge >= 0.3 is 0 Å². The van der Waals surface area contributed by atoms with E-state index >= 15 is 0 Å². The van der Waals surface area contributed by atoms with Crippen LogP contribution in [0.3, 0.4) is 0 Å². The monoisotopic (exact) mass is 457 g/mol. The summed E-state index contributed by atoms with van der Waals surface area (Å²) < 4.78 is 5.45. The molecule has 10 heteroatoms.